The summed E-state index contributed by atoms with van der Waals surface area (Å²) in [5, 5.41) is 0.643. The monoisotopic (exact) mass is 623 g/mol. The van der Waals surface area contributed by atoms with Crippen molar-refractivity contribution in [1.29, 1.82) is 0 Å². The lowest BCUT2D eigenvalue weighted by Gasteiger charge is -2.41. The first-order valence-corrected chi connectivity index (χ1v) is 14.2. The molecule has 2 aromatic rings. The normalized spacial score (nSPS) is 15.4. The Morgan fingerprint density at radius 1 is 0.615 bits per heavy atom. The van der Waals surface area contributed by atoms with E-state index in [9.17, 15) is 48.4 Å². The Labute approximate surface area is 218 Å². The number of hydroxylamine groups is 2. The Balaban J connectivity index is 0.000000395. The molecule has 0 fully saturated rings. The molecule has 0 unspecified atom stereocenters. The van der Waals surface area contributed by atoms with E-state index in [2.05, 4.69) is 4.84 Å². The van der Waals surface area contributed by atoms with Crippen molar-refractivity contribution in [2.45, 2.75) is 16.7 Å². The largest absolute Gasteiger partial charge is 0.378 e. The number of carbonyl (C=O) groups is 2. The fraction of sp³-hybridized carbons (Fsp3) is 0.333. The molecule has 0 N–H and O–H groups in total. The highest BCUT2D eigenvalue weighted by molar-refractivity contribution is 8.46. The minimum atomic E-state index is -9.89. The van der Waals surface area contributed by atoms with E-state index in [1.54, 1.807) is 0 Å². The summed E-state index contributed by atoms with van der Waals surface area (Å²) in [5.41, 5.74) is -1.22. The van der Waals surface area contributed by atoms with Gasteiger partial charge in [0.15, 0.2) is 5.78 Å². The molecule has 6 nitrogen and oxygen atoms in total. The van der Waals surface area contributed by atoms with Crippen LogP contribution < -0.4 is 9.80 Å². The number of anilines is 2. The quantitative estimate of drug-likeness (QED) is 0.176. The predicted octanol–water partition coefficient (Wildman–Crippen LogP) is 8.66. The Kier molecular flexibility index (Phi) is 7.96. The molecule has 0 aliphatic heterocycles. The molecule has 226 valence electrons. The van der Waals surface area contributed by atoms with E-state index in [4.69, 9.17) is 0 Å². The third kappa shape index (κ3) is 9.68. The van der Waals surface area contributed by atoms with Crippen LogP contribution in [0.2, 0.25) is 0 Å². The lowest BCUT2D eigenvalue weighted by atomic mass is 10.1. The maximum absolute atomic E-state index is 12.9. The molecule has 0 spiro atoms. The van der Waals surface area contributed by atoms with Gasteiger partial charge in [0, 0.05) is 57.7 Å². The maximum Gasteiger partial charge on any atom is 0.310 e. The summed E-state index contributed by atoms with van der Waals surface area (Å²) in [5.74, 6) is -1.67. The molecular formula is C21H27F10N3O3S2. The van der Waals surface area contributed by atoms with Gasteiger partial charge in [-0.1, -0.05) is 38.9 Å². The van der Waals surface area contributed by atoms with Crippen LogP contribution in [0.3, 0.4) is 0 Å². The van der Waals surface area contributed by atoms with Crippen LogP contribution in [0.5, 0.6) is 0 Å². The number of halogens is 10. The van der Waals surface area contributed by atoms with Gasteiger partial charge >= 0.3 is 20.4 Å². The van der Waals surface area contributed by atoms with Crippen LogP contribution in [0.15, 0.2) is 46.2 Å². The number of carbonyl (C=O) groups excluding carboxylic acids is 2. The zero-order chi connectivity index (χ0) is 31.1. The Morgan fingerprint density at radius 3 is 1.23 bits per heavy atom. The molecule has 0 bridgehead atoms. The van der Waals surface area contributed by atoms with E-state index in [0.717, 1.165) is 33.2 Å². The van der Waals surface area contributed by atoms with Crippen LogP contribution in [0.4, 0.5) is 50.2 Å². The van der Waals surface area contributed by atoms with Gasteiger partial charge in [0.25, 0.3) is 5.91 Å². The summed E-state index contributed by atoms with van der Waals surface area (Å²) < 4.78 is 128. The standard InChI is InChI=1S/C11H15F5N2O2S.C10H12F5NOS/c1-17(2)9-5-8(11(19)18(3)20-4)6-10(7-9)21(12,13,14,15)16;1-7(17)8-4-9(16(2)3)6-10(5-8)18(11,12,13,14)15/h5-7H,1-4H3;4-6H,1-3H3. The highest BCUT2D eigenvalue weighted by atomic mass is 32.5. The Bertz CT molecular complexity index is 1280. The molecule has 0 heterocycles. The van der Waals surface area contributed by atoms with Crippen LogP contribution in [0.1, 0.15) is 27.6 Å². The van der Waals surface area contributed by atoms with Crippen LogP contribution in [0, 0.1) is 0 Å². The molecule has 0 saturated carbocycles. The smallest absolute Gasteiger partial charge is 0.310 e. The Hall–Kier alpha value is -2.86. The van der Waals surface area contributed by atoms with E-state index in [1.807, 2.05) is 0 Å². The molecule has 2 rings (SSSR count). The average Bonchev–Trinajstić information content (AvgIpc) is 2.74. The first kappa shape index (κ1) is 34.2. The third-order valence-electron chi connectivity index (χ3n) is 4.92. The van der Waals surface area contributed by atoms with Gasteiger partial charge in [0.05, 0.1) is 7.11 Å². The minimum absolute atomic E-state index is 0.106. The first-order chi connectivity index (χ1) is 16.9. The predicted molar refractivity (Wildman–Crippen MR) is 133 cm³/mol. The SMILES string of the molecule is CC(=O)c1cc(N(C)C)cc(S(F)(F)(F)(F)F)c1.CON(C)C(=O)c1cc(N(C)C)cc(S(F)(F)(F)(F)F)c1. The zero-order valence-corrected chi connectivity index (χ0v) is 23.3. The molecule has 0 aliphatic rings. The summed E-state index contributed by atoms with van der Waals surface area (Å²) in [6.07, 6.45) is 0. The fourth-order valence-corrected chi connectivity index (χ4v) is 4.11. The molecule has 0 saturated heterocycles. The van der Waals surface area contributed by atoms with E-state index in [0.29, 0.717) is 17.2 Å². The number of hydrogen-bond acceptors (Lipinski definition) is 5. The highest BCUT2D eigenvalue weighted by Gasteiger charge is 2.66. The van der Waals surface area contributed by atoms with Gasteiger partial charge in [-0.15, -0.1) is 0 Å². The van der Waals surface area contributed by atoms with Crippen LogP contribution in [-0.4, -0.2) is 59.1 Å². The lowest BCUT2D eigenvalue weighted by molar-refractivity contribution is -0.0757. The number of hydrogen-bond donors (Lipinski definition) is 0. The molecule has 0 radical (unpaired) electrons. The maximum atomic E-state index is 12.9. The van der Waals surface area contributed by atoms with Gasteiger partial charge in [-0.2, -0.15) is 0 Å². The molecule has 1 amide bonds. The molecule has 0 atom stereocenters. The fourth-order valence-electron chi connectivity index (χ4n) is 2.72. The second-order valence-corrected chi connectivity index (χ2v) is 13.5. The molecule has 0 aliphatic carbocycles. The van der Waals surface area contributed by atoms with E-state index in [1.165, 1.54) is 38.0 Å². The van der Waals surface area contributed by atoms with Crippen molar-refractivity contribution < 1.29 is 53.3 Å². The number of rotatable bonds is 7. The van der Waals surface area contributed by atoms with Gasteiger partial charge in [-0.3, -0.25) is 14.4 Å². The van der Waals surface area contributed by atoms with Crippen molar-refractivity contribution >= 4 is 43.5 Å². The van der Waals surface area contributed by atoms with Gasteiger partial charge in [0.1, 0.15) is 9.79 Å². The van der Waals surface area contributed by atoms with Crippen LogP contribution in [-0.2, 0) is 4.84 Å². The van der Waals surface area contributed by atoms with Gasteiger partial charge in [-0.05, 0) is 43.3 Å². The number of nitrogens with zero attached hydrogens (tertiary/aromatic N) is 3. The van der Waals surface area contributed by atoms with Gasteiger partial charge in [-0.25, -0.2) is 5.06 Å². The molecule has 18 heteroatoms. The first-order valence-electron chi connectivity index (χ1n) is 10.3. The van der Waals surface area contributed by atoms with Crippen LogP contribution >= 0.6 is 20.4 Å². The third-order valence-corrected chi connectivity index (χ3v) is 7.17. The summed E-state index contributed by atoms with van der Waals surface area (Å²) in [6, 6.07) is 3.18. The van der Waals surface area contributed by atoms with Crippen molar-refractivity contribution in [2.75, 3.05) is 52.1 Å². The van der Waals surface area contributed by atoms with Gasteiger partial charge < -0.3 is 9.80 Å². The van der Waals surface area contributed by atoms with Crippen molar-refractivity contribution in [3.63, 3.8) is 0 Å². The van der Waals surface area contributed by atoms with Crippen molar-refractivity contribution in [3.8, 4) is 0 Å². The minimum Gasteiger partial charge on any atom is -0.378 e. The summed E-state index contributed by atoms with van der Waals surface area (Å²) >= 11 is 0. The second-order valence-electron chi connectivity index (χ2n) is 8.70. The van der Waals surface area contributed by atoms with E-state index in [-0.39, 0.29) is 23.5 Å². The second kappa shape index (κ2) is 9.09. The van der Waals surface area contributed by atoms with E-state index < -0.39 is 53.1 Å². The van der Waals surface area contributed by atoms with Gasteiger partial charge in [0.2, 0.25) is 0 Å². The topological polar surface area (TPSA) is 53.1 Å². The summed E-state index contributed by atoms with van der Waals surface area (Å²) in [7, 11) is -11.8. The molecule has 0 aromatic heterocycles. The average molecular weight is 624 g/mol. The number of amides is 1. The number of ketones is 1. The molecule has 39 heavy (non-hydrogen) atoms. The summed E-state index contributed by atoms with van der Waals surface area (Å²) in [6.45, 7) is 1.02. The summed E-state index contributed by atoms with van der Waals surface area (Å²) in [4.78, 5) is 25.7. The van der Waals surface area contributed by atoms with E-state index >= 15 is 0 Å². The lowest BCUT2D eigenvalue weighted by Crippen LogP contribution is -2.26. The molecule has 2 aromatic carbocycles. The van der Waals surface area contributed by atoms with Crippen LogP contribution in [0.25, 0.3) is 0 Å². The number of benzene rings is 2. The molecular weight excluding hydrogens is 596 g/mol. The Morgan fingerprint density at radius 2 is 0.949 bits per heavy atom. The number of Topliss-reactive ketones (excluding diaryl/α,β-unsaturated/α-hetero) is 1. The van der Waals surface area contributed by atoms with Crippen molar-refractivity contribution in [1.82, 2.24) is 5.06 Å². The van der Waals surface area contributed by atoms with Crippen molar-refractivity contribution in [2.24, 2.45) is 0 Å². The zero-order valence-electron chi connectivity index (χ0n) is 21.6. The van der Waals surface area contributed by atoms with Crippen molar-refractivity contribution in [3.05, 3.63) is 47.5 Å². The highest BCUT2D eigenvalue weighted by Crippen LogP contribution is 3.03.